The smallest absolute Gasteiger partial charge is 0.325 e. The molecule has 0 radical (unpaired) electrons. The lowest BCUT2D eigenvalue weighted by Crippen LogP contribution is -2.22. The second-order valence-corrected chi connectivity index (χ2v) is 8.23. The van der Waals surface area contributed by atoms with Gasteiger partial charge in [-0.1, -0.05) is 24.8 Å². The van der Waals surface area contributed by atoms with Crippen LogP contribution in [0.5, 0.6) is 11.6 Å². The van der Waals surface area contributed by atoms with Crippen LogP contribution in [0.25, 0.3) is 0 Å². The fourth-order valence-electron chi connectivity index (χ4n) is 3.56. The van der Waals surface area contributed by atoms with Crippen molar-refractivity contribution in [1.82, 2.24) is 9.97 Å². The molecule has 0 saturated carbocycles. The van der Waals surface area contributed by atoms with Crippen LogP contribution in [0.1, 0.15) is 43.4 Å². The standard InChI is InChI=1S/C27H33N5O5/c1-3-5-14-37-26-22(18-28)29-19-24(31-26)32-27(33)30-21-17-20(11-12-23(21)34-13-4-2)9-8-16-36-25-10-6-7-15-35-25/h3-4,11-12,17,19,25H,1-2,5-10,13-16H2,(H2,30,31,32,33). The number of nitriles is 1. The Labute approximate surface area is 217 Å². The molecule has 0 aliphatic carbocycles. The van der Waals surface area contributed by atoms with Crippen molar-refractivity contribution in [2.45, 2.75) is 44.8 Å². The number of hydrogen-bond acceptors (Lipinski definition) is 8. The van der Waals surface area contributed by atoms with Gasteiger partial charge in [0.05, 0.1) is 25.1 Å². The van der Waals surface area contributed by atoms with E-state index in [9.17, 15) is 10.1 Å². The van der Waals surface area contributed by atoms with Crippen LogP contribution in [-0.4, -0.2) is 48.7 Å². The van der Waals surface area contributed by atoms with Gasteiger partial charge >= 0.3 is 6.03 Å². The first-order valence-corrected chi connectivity index (χ1v) is 12.3. The van der Waals surface area contributed by atoms with Crippen molar-refractivity contribution in [3.05, 3.63) is 61.0 Å². The van der Waals surface area contributed by atoms with Gasteiger partial charge in [-0.2, -0.15) is 10.2 Å². The highest BCUT2D eigenvalue weighted by Gasteiger charge is 2.15. The first-order chi connectivity index (χ1) is 18.1. The lowest BCUT2D eigenvalue weighted by molar-refractivity contribution is -0.162. The number of aromatic nitrogens is 2. The second kappa shape index (κ2) is 15.2. The fraction of sp³-hybridized carbons (Fsp3) is 0.407. The van der Waals surface area contributed by atoms with Gasteiger partial charge in [0.2, 0.25) is 5.69 Å². The quantitative estimate of drug-likeness (QED) is 0.270. The van der Waals surface area contributed by atoms with Gasteiger partial charge in [0, 0.05) is 6.61 Å². The number of carbonyl (C=O) groups excluding carboxylic acids is 1. The van der Waals surface area contributed by atoms with Crippen LogP contribution >= 0.6 is 0 Å². The van der Waals surface area contributed by atoms with Gasteiger partial charge in [-0.05, 0) is 56.2 Å². The molecule has 10 nitrogen and oxygen atoms in total. The van der Waals surface area contributed by atoms with E-state index in [0.29, 0.717) is 24.5 Å². The average molecular weight is 508 g/mol. The number of urea groups is 1. The van der Waals surface area contributed by atoms with E-state index in [2.05, 4.69) is 33.8 Å². The number of nitrogens with zero attached hydrogens (tertiary/aromatic N) is 3. The summed E-state index contributed by atoms with van der Waals surface area (Å²) >= 11 is 0. The molecule has 10 heteroatoms. The van der Waals surface area contributed by atoms with Gasteiger partial charge in [-0.15, -0.1) is 6.58 Å². The molecule has 1 atom stereocenters. The van der Waals surface area contributed by atoms with E-state index >= 15 is 0 Å². The maximum absolute atomic E-state index is 12.8. The van der Waals surface area contributed by atoms with Crippen LogP contribution < -0.4 is 20.1 Å². The normalized spacial score (nSPS) is 14.7. The van der Waals surface area contributed by atoms with Crippen molar-refractivity contribution in [2.75, 3.05) is 37.1 Å². The Bertz CT molecular complexity index is 1100. The summed E-state index contributed by atoms with van der Waals surface area (Å²) < 4.78 is 22.6. The molecule has 1 fully saturated rings. The summed E-state index contributed by atoms with van der Waals surface area (Å²) in [4.78, 5) is 21.0. The van der Waals surface area contributed by atoms with E-state index < -0.39 is 6.03 Å². The van der Waals surface area contributed by atoms with E-state index in [1.54, 1.807) is 12.2 Å². The maximum Gasteiger partial charge on any atom is 0.325 e. The molecular weight excluding hydrogens is 474 g/mol. The van der Waals surface area contributed by atoms with Crippen molar-refractivity contribution in [2.24, 2.45) is 0 Å². The summed E-state index contributed by atoms with van der Waals surface area (Å²) in [7, 11) is 0. The van der Waals surface area contributed by atoms with Crippen molar-refractivity contribution in [3.63, 3.8) is 0 Å². The Morgan fingerprint density at radius 2 is 2.11 bits per heavy atom. The second-order valence-electron chi connectivity index (χ2n) is 8.23. The molecule has 37 heavy (non-hydrogen) atoms. The van der Waals surface area contributed by atoms with Crippen LogP contribution in [0.15, 0.2) is 49.7 Å². The Morgan fingerprint density at radius 3 is 2.86 bits per heavy atom. The van der Waals surface area contributed by atoms with E-state index in [-0.39, 0.29) is 36.9 Å². The molecule has 1 aliphatic heterocycles. The molecule has 2 heterocycles. The van der Waals surface area contributed by atoms with Crippen molar-refractivity contribution < 1.29 is 23.7 Å². The van der Waals surface area contributed by atoms with E-state index in [0.717, 1.165) is 44.3 Å². The Morgan fingerprint density at radius 1 is 1.22 bits per heavy atom. The third-order valence-corrected chi connectivity index (χ3v) is 5.35. The predicted octanol–water partition coefficient (Wildman–Crippen LogP) is 4.99. The Kier molecular flexibility index (Phi) is 11.4. The summed E-state index contributed by atoms with van der Waals surface area (Å²) in [5.41, 5.74) is 1.55. The molecule has 1 aromatic heterocycles. The van der Waals surface area contributed by atoms with Crippen LogP contribution in [0.3, 0.4) is 0 Å². The maximum atomic E-state index is 12.8. The van der Waals surface area contributed by atoms with Gasteiger partial charge in [0.25, 0.3) is 5.88 Å². The third-order valence-electron chi connectivity index (χ3n) is 5.35. The predicted molar refractivity (Wildman–Crippen MR) is 140 cm³/mol. The summed E-state index contributed by atoms with van der Waals surface area (Å²) in [6.45, 7) is 9.23. The van der Waals surface area contributed by atoms with Crippen molar-refractivity contribution in [3.8, 4) is 17.7 Å². The molecule has 2 amide bonds. The van der Waals surface area contributed by atoms with Crippen LogP contribution in [0.4, 0.5) is 16.3 Å². The Hall–Kier alpha value is -3.94. The van der Waals surface area contributed by atoms with Gasteiger partial charge in [0.1, 0.15) is 18.4 Å². The highest BCUT2D eigenvalue weighted by atomic mass is 16.7. The molecule has 3 rings (SSSR count). The average Bonchev–Trinajstić information content (AvgIpc) is 2.91. The van der Waals surface area contributed by atoms with Crippen LogP contribution in [0.2, 0.25) is 0 Å². The molecule has 1 saturated heterocycles. The minimum absolute atomic E-state index is 0.0295. The van der Waals surface area contributed by atoms with Gasteiger partial charge in [-0.3, -0.25) is 5.32 Å². The minimum Gasteiger partial charge on any atom is -0.487 e. The highest BCUT2D eigenvalue weighted by molar-refractivity contribution is 6.00. The molecular formula is C27H33N5O5. The summed E-state index contributed by atoms with van der Waals surface area (Å²) in [6, 6.07) is 7.01. The number of carbonyl (C=O) groups is 1. The van der Waals surface area contributed by atoms with E-state index in [1.165, 1.54) is 6.20 Å². The number of rotatable bonds is 14. The number of amides is 2. The molecule has 2 N–H and O–H groups in total. The van der Waals surface area contributed by atoms with Gasteiger partial charge in [0.15, 0.2) is 12.1 Å². The lowest BCUT2D eigenvalue weighted by atomic mass is 10.1. The molecule has 1 aromatic carbocycles. The van der Waals surface area contributed by atoms with Gasteiger partial charge < -0.3 is 24.3 Å². The summed E-state index contributed by atoms with van der Waals surface area (Å²) in [5, 5.41) is 14.7. The topological polar surface area (TPSA) is 128 Å². The minimum atomic E-state index is -0.547. The largest absolute Gasteiger partial charge is 0.487 e. The SMILES string of the molecule is C=CCCOc1nc(NC(=O)Nc2cc(CCCOC3CCCCO3)ccc2OCC=C)cnc1C#N. The van der Waals surface area contributed by atoms with Gasteiger partial charge in [-0.25, -0.2) is 9.78 Å². The number of hydrogen-bond donors (Lipinski definition) is 2. The summed E-state index contributed by atoms with van der Waals surface area (Å²) in [5.74, 6) is 0.682. The molecule has 0 bridgehead atoms. The van der Waals surface area contributed by atoms with Crippen LogP contribution in [0, 0.1) is 11.3 Å². The first-order valence-electron chi connectivity index (χ1n) is 12.3. The number of ether oxygens (including phenoxy) is 4. The molecule has 196 valence electrons. The first kappa shape index (κ1) is 27.6. The zero-order valence-electron chi connectivity index (χ0n) is 20.9. The van der Waals surface area contributed by atoms with Crippen molar-refractivity contribution >= 4 is 17.5 Å². The molecule has 0 spiro atoms. The monoisotopic (exact) mass is 507 g/mol. The number of benzene rings is 1. The van der Waals surface area contributed by atoms with Crippen molar-refractivity contribution in [1.29, 1.82) is 5.26 Å². The highest BCUT2D eigenvalue weighted by Crippen LogP contribution is 2.27. The molecule has 2 aromatic rings. The zero-order chi connectivity index (χ0) is 26.3. The van der Waals surface area contributed by atoms with Crippen LogP contribution in [-0.2, 0) is 15.9 Å². The fourth-order valence-corrected chi connectivity index (χ4v) is 3.56. The third kappa shape index (κ3) is 9.22. The summed E-state index contributed by atoms with van der Waals surface area (Å²) in [6.07, 6.45) is 9.81. The number of aryl methyl sites for hydroxylation is 1. The van der Waals surface area contributed by atoms with E-state index in [1.807, 2.05) is 24.3 Å². The zero-order valence-corrected chi connectivity index (χ0v) is 20.9. The number of nitrogens with one attached hydrogen (secondary N) is 2. The lowest BCUT2D eigenvalue weighted by Gasteiger charge is -2.22. The molecule has 1 aliphatic rings. The number of anilines is 2. The van der Waals surface area contributed by atoms with E-state index in [4.69, 9.17) is 18.9 Å². The molecule has 1 unspecified atom stereocenters. The Balaban J connectivity index is 1.62.